The smallest absolute Gasteiger partial charge is 0.220 e. The number of nitrogens with one attached hydrogen (secondary N) is 1. The molecule has 2 rings (SSSR count). The molecule has 1 unspecified atom stereocenters. The van der Waals surface area contributed by atoms with E-state index in [0.717, 1.165) is 28.5 Å². The predicted octanol–water partition coefficient (Wildman–Crippen LogP) is 3.13. The number of nitrogens with zero attached hydrogens (tertiary/aromatic N) is 3. The fourth-order valence-corrected chi connectivity index (χ4v) is 2.78. The number of hydrogen-bond acceptors (Lipinski definition) is 4. The molecule has 0 saturated heterocycles. The highest BCUT2D eigenvalue weighted by molar-refractivity contribution is 5.76. The Bertz CT molecular complexity index is 752. The van der Waals surface area contributed by atoms with Gasteiger partial charge in [0, 0.05) is 12.1 Å². The van der Waals surface area contributed by atoms with Gasteiger partial charge in [-0.05, 0) is 51.8 Å². The molecule has 6 heteroatoms. The van der Waals surface area contributed by atoms with Gasteiger partial charge >= 0.3 is 0 Å². The van der Waals surface area contributed by atoms with E-state index in [4.69, 9.17) is 9.68 Å². The molecule has 0 spiro atoms. The summed E-state index contributed by atoms with van der Waals surface area (Å²) in [6.45, 7) is 8.31. The zero-order chi connectivity index (χ0) is 17.7. The molecular weight excluding hydrogens is 304 g/mol. The maximum absolute atomic E-state index is 12.2. The zero-order valence-corrected chi connectivity index (χ0v) is 14.7. The molecule has 0 aliphatic rings. The number of furan rings is 1. The van der Waals surface area contributed by atoms with Crippen LogP contribution < -0.4 is 5.32 Å². The first-order chi connectivity index (χ1) is 11.4. The average Bonchev–Trinajstić information content (AvgIpc) is 3.08. The Labute approximate surface area is 142 Å². The van der Waals surface area contributed by atoms with Crippen LogP contribution in [0.4, 0.5) is 0 Å². The molecule has 1 amide bonds. The lowest BCUT2D eigenvalue weighted by Crippen LogP contribution is -2.26. The molecule has 0 aliphatic heterocycles. The lowest BCUT2D eigenvalue weighted by molar-refractivity contribution is -0.121. The van der Waals surface area contributed by atoms with Gasteiger partial charge in [-0.15, -0.1) is 0 Å². The van der Waals surface area contributed by atoms with Crippen LogP contribution in [0.25, 0.3) is 0 Å². The quantitative estimate of drug-likeness (QED) is 0.846. The number of nitriles is 1. The van der Waals surface area contributed by atoms with Crippen LogP contribution in [0.2, 0.25) is 0 Å². The minimum absolute atomic E-state index is 0.0138. The van der Waals surface area contributed by atoms with Crippen LogP contribution >= 0.6 is 0 Å². The summed E-state index contributed by atoms with van der Waals surface area (Å²) >= 11 is 0. The molecule has 2 heterocycles. The van der Waals surface area contributed by atoms with E-state index >= 15 is 0 Å². The first kappa shape index (κ1) is 17.8. The summed E-state index contributed by atoms with van der Waals surface area (Å²) in [6, 6.07) is 5.75. The number of carbonyl (C=O) groups is 1. The Morgan fingerprint density at radius 3 is 2.79 bits per heavy atom. The fraction of sp³-hybridized carbons (Fsp3) is 0.500. The first-order valence-corrected chi connectivity index (χ1v) is 8.18. The Kier molecular flexibility index (Phi) is 5.80. The Hall–Kier alpha value is -2.55. The topological polar surface area (TPSA) is 83.9 Å². The van der Waals surface area contributed by atoms with Gasteiger partial charge in [0.1, 0.15) is 11.5 Å². The van der Waals surface area contributed by atoms with E-state index in [1.807, 2.05) is 44.5 Å². The van der Waals surface area contributed by atoms with E-state index in [1.165, 1.54) is 0 Å². The third-order valence-corrected chi connectivity index (χ3v) is 4.13. The van der Waals surface area contributed by atoms with E-state index in [9.17, 15) is 4.79 Å². The van der Waals surface area contributed by atoms with Crippen molar-refractivity contribution in [3.63, 3.8) is 0 Å². The van der Waals surface area contributed by atoms with Crippen molar-refractivity contribution in [3.05, 3.63) is 40.6 Å². The van der Waals surface area contributed by atoms with Gasteiger partial charge in [-0.2, -0.15) is 10.4 Å². The summed E-state index contributed by atoms with van der Waals surface area (Å²) in [5, 5.41) is 16.1. The van der Waals surface area contributed by atoms with Gasteiger partial charge in [-0.3, -0.25) is 9.48 Å². The molecule has 0 saturated carbocycles. The largest absolute Gasteiger partial charge is 0.464 e. The summed E-state index contributed by atoms with van der Waals surface area (Å²) in [4.78, 5) is 12.2. The van der Waals surface area contributed by atoms with Crippen molar-refractivity contribution < 1.29 is 9.21 Å². The van der Waals surface area contributed by atoms with Crippen molar-refractivity contribution in [2.45, 2.75) is 59.5 Å². The average molecular weight is 328 g/mol. The predicted molar refractivity (Wildman–Crippen MR) is 90.3 cm³/mol. The molecule has 128 valence electrons. The van der Waals surface area contributed by atoms with Crippen molar-refractivity contribution in [2.75, 3.05) is 0 Å². The molecule has 0 aromatic carbocycles. The molecule has 24 heavy (non-hydrogen) atoms. The van der Waals surface area contributed by atoms with Crippen molar-refractivity contribution in [3.8, 4) is 6.07 Å². The zero-order valence-electron chi connectivity index (χ0n) is 14.7. The van der Waals surface area contributed by atoms with Crippen LogP contribution in [0, 0.1) is 32.1 Å². The van der Waals surface area contributed by atoms with Crippen LogP contribution in [0.3, 0.4) is 0 Å². The van der Waals surface area contributed by atoms with Crippen LogP contribution in [0.5, 0.6) is 0 Å². The molecule has 0 radical (unpaired) electrons. The monoisotopic (exact) mass is 328 g/mol. The number of amides is 1. The Morgan fingerprint density at radius 1 is 1.42 bits per heavy atom. The molecule has 0 bridgehead atoms. The van der Waals surface area contributed by atoms with E-state index < -0.39 is 0 Å². The van der Waals surface area contributed by atoms with Crippen molar-refractivity contribution in [2.24, 2.45) is 0 Å². The number of aryl methyl sites for hydroxylation is 3. The SMILES string of the molecule is Cc1ccc(C(C)NC(=O)CCc2c(C)nn(CCC#N)c2C)o1. The maximum Gasteiger partial charge on any atom is 0.220 e. The van der Waals surface area contributed by atoms with Crippen LogP contribution in [-0.2, 0) is 17.8 Å². The number of rotatable bonds is 7. The molecule has 6 nitrogen and oxygen atoms in total. The second kappa shape index (κ2) is 7.82. The molecule has 2 aromatic heterocycles. The van der Waals surface area contributed by atoms with Crippen LogP contribution in [0.15, 0.2) is 16.5 Å². The minimum atomic E-state index is -0.147. The van der Waals surface area contributed by atoms with E-state index in [-0.39, 0.29) is 11.9 Å². The van der Waals surface area contributed by atoms with Crippen molar-refractivity contribution in [1.29, 1.82) is 5.26 Å². The molecule has 1 N–H and O–H groups in total. The summed E-state index contributed by atoms with van der Waals surface area (Å²) in [6.07, 6.45) is 1.47. The fourth-order valence-electron chi connectivity index (χ4n) is 2.78. The molecule has 2 aromatic rings. The summed E-state index contributed by atoms with van der Waals surface area (Å²) in [5.41, 5.74) is 3.04. The first-order valence-electron chi connectivity index (χ1n) is 8.18. The standard InChI is InChI=1S/C18H24N4O2/c1-12-6-8-17(24-12)14(3)20-18(23)9-7-16-13(2)21-22(15(16)4)11-5-10-19/h6,8,14H,5,7,9,11H2,1-4H3,(H,20,23). The summed E-state index contributed by atoms with van der Waals surface area (Å²) < 4.78 is 7.38. The Morgan fingerprint density at radius 2 is 2.17 bits per heavy atom. The minimum Gasteiger partial charge on any atom is -0.464 e. The summed E-state index contributed by atoms with van der Waals surface area (Å²) in [7, 11) is 0. The van der Waals surface area contributed by atoms with E-state index in [2.05, 4.69) is 16.5 Å². The van der Waals surface area contributed by atoms with Crippen LogP contribution in [0.1, 0.15) is 54.3 Å². The van der Waals surface area contributed by atoms with Crippen molar-refractivity contribution >= 4 is 5.91 Å². The number of carbonyl (C=O) groups excluding carboxylic acids is 1. The highest BCUT2D eigenvalue weighted by atomic mass is 16.3. The van der Waals surface area contributed by atoms with E-state index in [0.29, 0.717) is 25.8 Å². The molecule has 0 aliphatic carbocycles. The normalized spacial score (nSPS) is 12.0. The highest BCUT2D eigenvalue weighted by Crippen LogP contribution is 2.18. The molecule has 1 atom stereocenters. The number of hydrogen-bond donors (Lipinski definition) is 1. The Balaban J connectivity index is 1.92. The van der Waals surface area contributed by atoms with E-state index in [1.54, 1.807) is 0 Å². The van der Waals surface area contributed by atoms with Gasteiger partial charge in [0.15, 0.2) is 0 Å². The maximum atomic E-state index is 12.2. The van der Waals surface area contributed by atoms with Gasteiger partial charge in [-0.25, -0.2) is 0 Å². The third-order valence-electron chi connectivity index (χ3n) is 4.13. The van der Waals surface area contributed by atoms with Gasteiger partial charge in [0.25, 0.3) is 0 Å². The number of aromatic nitrogens is 2. The van der Waals surface area contributed by atoms with Gasteiger partial charge in [0.05, 0.1) is 30.8 Å². The molecule has 0 fully saturated rings. The third kappa shape index (κ3) is 4.25. The van der Waals surface area contributed by atoms with Gasteiger partial charge < -0.3 is 9.73 Å². The van der Waals surface area contributed by atoms with Crippen LogP contribution in [-0.4, -0.2) is 15.7 Å². The second-order valence-electron chi connectivity index (χ2n) is 6.02. The molecular formula is C18H24N4O2. The van der Waals surface area contributed by atoms with Crippen molar-refractivity contribution in [1.82, 2.24) is 15.1 Å². The lowest BCUT2D eigenvalue weighted by Gasteiger charge is -2.11. The lowest BCUT2D eigenvalue weighted by atomic mass is 10.1. The second-order valence-corrected chi connectivity index (χ2v) is 6.02. The summed E-state index contributed by atoms with van der Waals surface area (Å²) in [5.74, 6) is 1.58. The van der Waals surface area contributed by atoms with Gasteiger partial charge in [-0.1, -0.05) is 0 Å². The highest BCUT2D eigenvalue weighted by Gasteiger charge is 2.15. The van der Waals surface area contributed by atoms with Gasteiger partial charge in [0.2, 0.25) is 5.91 Å².